The minimum Gasteiger partial charge on any atom is -0.341 e. The second-order valence-electron chi connectivity index (χ2n) is 4.58. The van der Waals surface area contributed by atoms with Crippen LogP contribution in [0.15, 0.2) is 12.4 Å². The molecule has 2 N–H and O–H groups in total. The van der Waals surface area contributed by atoms with E-state index in [1.807, 2.05) is 0 Å². The van der Waals surface area contributed by atoms with Gasteiger partial charge in [-0.1, -0.05) is 25.4 Å². The minimum absolute atomic E-state index is 0.0546. The van der Waals surface area contributed by atoms with E-state index < -0.39 is 0 Å². The average Bonchev–Trinajstić information content (AvgIpc) is 2.27. The highest BCUT2D eigenvalue weighted by Gasteiger charge is 2.20. The maximum absolute atomic E-state index is 5.76. The Morgan fingerprint density at radius 1 is 1.38 bits per heavy atom. The third-order valence-electron chi connectivity index (χ3n) is 2.44. The molecule has 0 saturated carbocycles. The quantitative estimate of drug-likeness (QED) is 0.858. The summed E-state index contributed by atoms with van der Waals surface area (Å²) in [6.07, 6.45) is 3.23. The summed E-state index contributed by atoms with van der Waals surface area (Å²) in [5, 5.41) is 0.554. The van der Waals surface area contributed by atoms with E-state index in [4.69, 9.17) is 17.3 Å². The number of aromatic nitrogens is 2. The third kappa shape index (κ3) is 3.61. The molecular formula is C11H19ClN4. The van der Waals surface area contributed by atoms with Gasteiger partial charge in [0.15, 0.2) is 0 Å². The first-order valence-electron chi connectivity index (χ1n) is 5.41. The van der Waals surface area contributed by atoms with Crippen molar-refractivity contribution in [2.24, 2.45) is 11.1 Å². The lowest BCUT2D eigenvalue weighted by molar-refractivity contribution is 0.377. The molecule has 0 radical (unpaired) electrons. The second-order valence-corrected chi connectivity index (χ2v) is 5.02. The van der Waals surface area contributed by atoms with E-state index in [0.29, 0.717) is 17.5 Å². The molecule has 0 saturated heterocycles. The van der Waals surface area contributed by atoms with Crippen molar-refractivity contribution in [3.8, 4) is 0 Å². The van der Waals surface area contributed by atoms with Gasteiger partial charge < -0.3 is 10.6 Å². The van der Waals surface area contributed by atoms with E-state index in [2.05, 4.69) is 35.6 Å². The Labute approximate surface area is 102 Å². The van der Waals surface area contributed by atoms with Gasteiger partial charge in [-0.05, 0) is 18.9 Å². The van der Waals surface area contributed by atoms with Crippen LogP contribution in [0.1, 0.15) is 20.8 Å². The lowest BCUT2D eigenvalue weighted by Gasteiger charge is -2.30. The fraction of sp³-hybridized carbons (Fsp3) is 0.636. The highest BCUT2D eigenvalue weighted by Crippen LogP contribution is 2.18. The molecule has 1 heterocycles. The van der Waals surface area contributed by atoms with E-state index in [9.17, 15) is 0 Å². The van der Waals surface area contributed by atoms with E-state index in [0.717, 1.165) is 13.1 Å². The standard InChI is InChI=1S/C11H19ClN4/c1-4-16(8-11(2,3)7-13)10-14-5-9(12)6-15-10/h5-6H,4,7-8,13H2,1-3H3. The SMILES string of the molecule is CCN(CC(C)(C)CN)c1ncc(Cl)cn1. The molecule has 4 nitrogen and oxygen atoms in total. The number of anilines is 1. The maximum Gasteiger partial charge on any atom is 0.225 e. The van der Waals surface area contributed by atoms with Crippen molar-refractivity contribution in [2.45, 2.75) is 20.8 Å². The molecule has 1 aromatic heterocycles. The number of nitrogens with two attached hydrogens (primary N) is 1. The zero-order valence-electron chi connectivity index (χ0n) is 10.1. The van der Waals surface area contributed by atoms with Gasteiger partial charge in [-0.3, -0.25) is 0 Å². The minimum atomic E-state index is 0.0546. The summed E-state index contributed by atoms with van der Waals surface area (Å²) in [6, 6.07) is 0. The number of halogens is 1. The summed E-state index contributed by atoms with van der Waals surface area (Å²) >= 11 is 5.76. The number of hydrogen-bond donors (Lipinski definition) is 1. The zero-order valence-corrected chi connectivity index (χ0v) is 10.8. The largest absolute Gasteiger partial charge is 0.341 e. The van der Waals surface area contributed by atoms with Crippen LogP contribution >= 0.6 is 11.6 Å². The van der Waals surface area contributed by atoms with Crippen molar-refractivity contribution >= 4 is 17.5 Å². The number of hydrogen-bond acceptors (Lipinski definition) is 4. The molecule has 0 aliphatic heterocycles. The Morgan fingerprint density at radius 2 is 1.94 bits per heavy atom. The highest BCUT2D eigenvalue weighted by molar-refractivity contribution is 6.30. The fourth-order valence-corrected chi connectivity index (χ4v) is 1.47. The van der Waals surface area contributed by atoms with Gasteiger partial charge in [-0.15, -0.1) is 0 Å². The van der Waals surface area contributed by atoms with Crippen LogP contribution in [0.25, 0.3) is 0 Å². The molecule has 5 heteroatoms. The molecule has 0 atom stereocenters. The van der Waals surface area contributed by atoms with E-state index in [1.165, 1.54) is 0 Å². The summed E-state index contributed by atoms with van der Waals surface area (Å²) in [5.41, 5.74) is 5.78. The van der Waals surface area contributed by atoms with Gasteiger partial charge >= 0.3 is 0 Å². The molecule has 0 aromatic carbocycles. The molecule has 0 fully saturated rings. The number of rotatable bonds is 5. The Balaban J connectivity index is 2.78. The van der Waals surface area contributed by atoms with Crippen LogP contribution < -0.4 is 10.6 Å². The monoisotopic (exact) mass is 242 g/mol. The summed E-state index contributed by atoms with van der Waals surface area (Å²) in [7, 11) is 0. The molecule has 0 aliphatic carbocycles. The Kier molecular flexibility index (Phi) is 4.50. The second kappa shape index (κ2) is 5.46. The van der Waals surface area contributed by atoms with Crippen LogP contribution in [0.2, 0.25) is 5.02 Å². The van der Waals surface area contributed by atoms with E-state index >= 15 is 0 Å². The molecule has 16 heavy (non-hydrogen) atoms. The first kappa shape index (κ1) is 13.2. The van der Waals surface area contributed by atoms with Crippen molar-refractivity contribution in [2.75, 3.05) is 24.5 Å². The van der Waals surface area contributed by atoms with Crippen molar-refractivity contribution in [1.82, 2.24) is 9.97 Å². The van der Waals surface area contributed by atoms with Gasteiger partial charge in [0.05, 0.1) is 17.4 Å². The lowest BCUT2D eigenvalue weighted by Crippen LogP contribution is -2.39. The lowest BCUT2D eigenvalue weighted by atomic mass is 9.93. The van der Waals surface area contributed by atoms with E-state index in [-0.39, 0.29) is 5.41 Å². The first-order valence-corrected chi connectivity index (χ1v) is 5.79. The Hall–Kier alpha value is -0.870. The van der Waals surface area contributed by atoms with Crippen LogP contribution in [0.5, 0.6) is 0 Å². The molecule has 0 amide bonds. The maximum atomic E-state index is 5.76. The molecule has 0 unspecified atom stereocenters. The molecule has 90 valence electrons. The molecule has 1 rings (SSSR count). The topological polar surface area (TPSA) is 55.0 Å². The smallest absolute Gasteiger partial charge is 0.225 e. The van der Waals surface area contributed by atoms with Crippen molar-refractivity contribution in [3.05, 3.63) is 17.4 Å². The predicted octanol–water partition coefficient (Wildman–Crippen LogP) is 1.94. The zero-order chi connectivity index (χ0) is 12.2. The van der Waals surface area contributed by atoms with Crippen molar-refractivity contribution < 1.29 is 0 Å². The third-order valence-corrected chi connectivity index (χ3v) is 2.64. The fourth-order valence-electron chi connectivity index (χ4n) is 1.37. The molecule has 0 aliphatic rings. The molecule has 0 spiro atoms. The highest BCUT2D eigenvalue weighted by atomic mass is 35.5. The van der Waals surface area contributed by atoms with E-state index in [1.54, 1.807) is 12.4 Å². The van der Waals surface area contributed by atoms with Gasteiger partial charge in [0.25, 0.3) is 0 Å². The summed E-state index contributed by atoms with van der Waals surface area (Å²) in [5.74, 6) is 0.702. The van der Waals surface area contributed by atoms with Gasteiger partial charge in [-0.2, -0.15) is 0 Å². The normalized spacial score (nSPS) is 11.6. The summed E-state index contributed by atoms with van der Waals surface area (Å²) < 4.78 is 0. The Morgan fingerprint density at radius 3 is 2.38 bits per heavy atom. The van der Waals surface area contributed by atoms with Crippen LogP contribution in [-0.2, 0) is 0 Å². The van der Waals surface area contributed by atoms with Gasteiger partial charge in [0, 0.05) is 13.1 Å². The van der Waals surface area contributed by atoms with Crippen LogP contribution in [0.3, 0.4) is 0 Å². The van der Waals surface area contributed by atoms with Crippen molar-refractivity contribution in [3.63, 3.8) is 0 Å². The van der Waals surface area contributed by atoms with Gasteiger partial charge in [0.2, 0.25) is 5.95 Å². The molecule has 0 bridgehead atoms. The van der Waals surface area contributed by atoms with Crippen LogP contribution in [0.4, 0.5) is 5.95 Å². The van der Waals surface area contributed by atoms with Crippen molar-refractivity contribution in [1.29, 1.82) is 0 Å². The average molecular weight is 243 g/mol. The molecule has 1 aromatic rings. The summed E-state index contributed by atoms with van der Waals surface area (Å²) in [4.78, 5) is 10.5. The van der Waals surface area contributed by atoms with Crippen LogP contribution in [0, 0.1) is 5.41 Å². The number of nitrogens with zero attached hydrogens (tertiary/aromatic N) is 3. The summed E-state index contributed by atoms with van der Waals surface area (Å²) in [6.45, 7) is 8.66. The predicted molar refractivity (Wildman–Crippen MR) is 67.8 cm³/mol. The van der Waals surface area contributed by atoms with Gasteiger partial charge in [-0.25, -0.2) is 9.97 Å². The van der Waals surface area contributed by atoms with Gasteiger partial charge in [0.1, 0.15) is 0 Å². The van der Waals surface area contributed by atoms with Crippen LogP contribution in [-0.4, -0.2) is 29.6 Å². The Bertz CT molecular complexity index is 323. The molecular weight excluding hydrogens is 224 g/mol. The first-order chi connectivity index (χ1) is 7.48.